The van der Waals surface area contributed by atoms with Crippen molar-refractivity contribution < 1.29 is 8.42 Å². The smallest absolute Gasteiger partial charge is 0.241 e. The summed E-state index contributed by atoms with van der Waals surface area (Å²) >= 11 is 0. The van der Waals surface area contributed by atoms with E-state index in [0.717, 1.165) is 37.7 Å². The zero-order valence-electron chi connectivity index (χ0n) is 13.3. The molecule has 22 heavy (non-hydrogen) atoms. The largest absolute Gasteiger partial charge is 0.329 e. The van der Waals surface area contributed by atoms with Crippen molar-refractivity contribution in [2.45, 2.75) is 56.4 Å². The number of nitrogens with two attached hydrogens (primary N) is 1. The second kappa shape index (κ2) is 7.77. The predicted octanol–water partition coefficient (Wildman–Crippen LogP) is 2.86. The van der Waals surface area contributed by atoms with Crippen molar-refractivity contribution in [3.05, 3.63) is 29.8 Å². The van der Waals surface area contributed by atoms with Crippen molar-refractivity contribution in [3.63, 3.8) is 0 Å². The minimum absolute atomic E-state index is 0. The Labute approximate surface area is 140 Å². The van der Waals surface area contributed by atoms with E-state index in [1.807, 2.05) is 13.0 Å². The van der Waals surface area contributed by atoms with Gasteiger partial charge in [-0.1, -0.05) is 38.8 Å². The van der Waals surface area contributed by atoms with Crippen LogP contribution < -0.4 is 10.5 Å². The first kappa shape index (κ1) is 19.4. The van der Waals surface area contributed by atoms with Crippen molar-refractivity contribution in [1.82, 2.24) is 4.72 Å². The van der Waals surface area contributed by atoms with E-state index in [0.29, 0.717) is 11.4 Å². The van der Waals surface area contributed by atoms with Gasteiger partial charge < -0.3 is 5.73 Å². The molecule has 0 heterocycles. The monoisotopic (exact) mass is 346 g/mol. The Bertz CT molecular complexity index is 592. The van der Waals surface area contributed by atoms with E-state index >= 15 is 0 Å². The highest BCUT2D eigenvalue weighted by molar-refractivity contribution is 7.89. The van der Waals surface area contributed by atoms with Crippen LogP contribution in [0.3, 0.4) is 0 Å². The number of nitrogens with one attached hydrogen (secondary N) is 1. The molecule has 0 amide bonds. The molecule has 0 bridgehead atoms. The van der Waals surface area contributed by atoms with Crippen molar-refractivity contribution in [2.24, 2.45) is 11.7 Å². The molecule has 1 aromatic carbocycles. The maximum absolute atomic E-state index is 12.7. The summed E-state index contributed by atoms with van der Waals surface area (Å²) in [6, 6.07) is 7.15. The quantitative estimate of drug-likeness (QED) is 0.861. The summed E-state index contributed by atoms with van der Waals surface area (Å²) in [6.07, 6.45) is 4.84. The molecule has 0 radical (unpaired) electrons. The van der Waals surface area contributed by atoms with Gasteiger partial charge in [-0.3, -0.25) is 0 Å². The number of halogens is 1. The summed E-state index contributed by atoms with van der Waals surface area (Å²) in [7, 11) is -3.53. The molecule has 1 aromatic rings. The van der Waals surface area contributed by atoms with Crippen LogP contribution >= 0.6 is 12.4 Å². The SMILES string of the molecule is CCc1cccc(S(=O)(=O)NC2(CN)CCCCC2C)c1.Cl. The lowest BCUT2D eigenvalue weighted by Gasteiger charge is -2.42. The zero-order valence-corrected chi connectivity index (χ0v) is 15.0. The lowest BCUT2D eigenvalue weighted by molar-refractivity contribution is 0.191. The topological polar surface area (TPSA) is 72.2 Å². The van der Waals surface area contributed by atoms with Crippen LogP contribution in [0.5, 0.6) is 0 Å². The van der Waals surface area contributed by atoms with Crippen LogP contribution in [-0.4, -0.2) is 20.5 Å². The molecule has 3 N–H and O–H groups in total. The highest BCUT2D eigenvalue weighted by Crippen LogP contribution is 2.34. The van der Waals surface area contributed by atoms with E-state index < -0.39 is 15.6 Å². The molecule has 0 saturated heterocycles. The molecule has 126 valence electrons. The van der Waals surface area contributed by atoms with Crippen LogP contribution in [0.2, 0.25) is 0 Å². The lowest BCUT2D eigenvalue weighted by atomic mass is 9.74. The minimum Gasteiger partial charge on any atom is -0.329 e. The fourth-order valence-electron chi connectivity index (χ4n) is 3.17. The van der Waals surface area contributed by atoms with Gasteiger partial charge in [0, 0.05) is 12.1 Å². The Morgan fingerprint density at radius 1 is 1.36 bits per heavy atom. The molecular weight excluding hydrogens is 320 g/mol. The van der Waals surface area contributed by atoms with Crippen LogP contribution in [0.1, 0.15) is 45.1 Å². The molecule has 2 rings (SSSR count). The highest BCUT2D eigenvalue weighted by Gasteiger charge is 2.40. The van der Waals surface area contributed by atoms with Crippen LogP contribution in [0.25, 0.3) is 0 Å². The van der Waals surface area contributed by atoms with Crippen molar-refractivity contribution in [2.75, 3.05) is 6.54 Å². The Hall–Kier alpha value is -0.620. The van der Waals surface area contributed by atoms with Gasteiger partial charge in [0.15, 0.2) is 0 Å². The first-order valence-electron chi connectivity index (χ1n) is 7.76. The number of benzene rings is 1. The lowest BCUT2D eigenvalue weighted by Crippen LogP contribution is -2.58. The Balaban J connectivity index is 0.00000242. The zero-order chi connectivity index (χ0) is 15.5. The van der Waals surface area contributed by atoms with Gasteiger partial charge in [-0.2, -0.15) is 0 Å². The van der Waals surface area contributed by atoms with E-state index in [9.17, 15) is 8.42 Å². The summed E-state index contributed by atoms with van der Waals surface area (Å²) in [4.78, 5) is 0.340. The van der Waals surface area contributed by atoms with E-state index in [4.69, 9.17) is 5.73 Å². The van der Waals surface area contributed by atoms with Crippen LogP contribution in [0, 0.1) is 5.92 Å². The third-order valence-electron chi connectivity index (χ3n) is 4.77. The molecule has 6 heteroatoms. The van der Waals surface area contributed by atoms with Gasteiger partial charge in [0.25, 0.3) is 0 Å². The first-order valence-corrected chi connectivity index (χ1v) is 9.25. The molecule has 1 fully saturated rings. The van der Waals surface area contributed by atoms with Gasteiger partial charge in [-0.05, 0) is 42.9 Å². The molecular formula is C16H27ClN2O2S. The third-order valence-corrected chi connectivity index (χ3v) is 6.32. The van der Waals surface area contributed by atoms with E-state index in [2.05, 4.69) is 11.6 Å². The molecule has 0 aromatic heterocycles. The average Bonchev–Trinajstić information content (AvgIpc) is 2.49. The van der Waals surface area contributed by atoms with Crippen molar-refractivity contribution in [3.8, 4) is 0 Å². The number of sulfonamides is 1. The summed E-state index contributed by atoms with van der Waals surface area (Å²) in [6.45, 7) is 4.46. The fraction of sp³-hybridized carbons (Fsp3) is 0.625. The molecule has 4 nitrogen and oxygen atoms in total. The van der Waals surface area contributed by atoms with Crippen molar-refractivity contribution in [1.29, 1.82) is 0 Å². The van der Waals surface area contributed by atoms with Gasteiger partial charge in [-0.15, -0.1) is 12.4 Å². The maximum atomic E-state index is 12.7. The molecule has 1 saturated carbocycles. The number of hydrogen-bond acceptors (Lipinski definition) is 3. The molecule has 2 atom stereocenters. The fourth-order valence-corrected chi connectivity index (χ4v) is 4.77. The van der Waals surface area contributed by atoms with E-state index in [-0.39, 0.29) is 18.3 Å². The molecule has 2 unspecified atom stereocenters. The summed E-state index contributed by atoms with van der Waals surface area (Å²) in [5.41, 5.74) is 6.47. The average molecular weight is 347 g/mol. The highest BCUT2D eigenvalue weighted by atomic mass is 35.5. The Kier molecular flexibility index (Phi) is 6.86. The summed E-state index contributed by atoms with van der Waals surface area (Å²) in [5.74, 6) is 0.264. The number of hydrogen-bond donors (Lipinski definition) is 2. The second-order valence-electron chi connectivity index (χ2n) is 6.11. The second-order valence-corrected chi connectivity index (χ2v) is 7.80. The summed E-state index contributed by atoms with van der Waals surface area (Å²) in [5, 5.41) is 0. The van der Waals surface area contributed by atoms with Gasteiger partial charge in [0.2, 0.25) is 10.0 Å². The first-order chi connectivity index (χ1) is 9.93. The Morgan fingerprint density at radius 2 is 2.09 bits per heavy atom. The minimum atomic E-state index is -3.53. The van der Waals surface area contributed by atoms with Crippen LogP contribution in [0.4, 0.5) is 0 Å². The number of aryl methyl sites for hydroxylation is 1. The van der Waals surface area contributed by atoms with Crippen LogP contribution in [0.15, 0.2) is 29.2 Å². The number of rotatable bonds is 5. The van der Waals surface area contributed by atoms with E-state index in [1.54, 1.807) is 18.2 Å². The predicted molar refractivity (Wildman–Crippen MR) is 92.8 cm³/mol. The van der Waals surface area contributed by atoms with Crippen molar-refractivity contribution >= 4 is 22.4 Å². The van der Waals surface area contributed by atoms with E-state index in [1.165, 1.54) is 0 Å². The van der Waals surface area contributed by atoms with Gasteiger partial charge in [0.05, 0.1) is 4.90 Å². The third kappa shape index (κ3) is 4.02. The Morgan fingerprint density at radius 3 is 2.68 bits per heavy atom. The van der Waals surface area contributed by atoms with Gasteiger partial charge in [0.1, 0.15) is 0 Å². The maximum Gasteiger partial charge on any atom is 0.241 e. The molecule has 1 aliphatic rings. The van der Waals surface area contributed by atoms with Gasteiger partial charge >= 0.3 is 0 Å². The van der Waals surface area contributed by atoms with Crippen LogP contribution in [-0.2, 0) is 16.4 Å². The molecule has 0 spiro atoms. The van der Waals surface area contributed by atoms with Gasteiger partial charge in [-0.25, -0.2) is 13.1 Å². The normalized spacial score (nSPS) is 25.5. The molecule has 0 aliphatic heterocycles. The summed E-state index contributed by atoms with van der Waals surface area (Å²) < 4.78 is 28.3. The standard InChI is InChI=1S/C16H26N2O2S.ClH/c1-3-14-8-6-9-15(11-14)21(19,20)18-16(12-17)10-5-4-7-13(16)2;/h6,8-9,11,13,18H,3-5,7,10,12,17H2,1-2H3;1H. The molecule has 1 aliphatic carbocycles.